The Hall–Kier alpha value is -0.500. The van der Waals surface area contributed by atoms with Gasteiger partial charge in [0.25, 0.3) is 0 Å². The first-order valence-corrected chi connectivity index (χ1v) is 8.70. The van der Waals surface area contributed by atoms with Crippen LogP contribution in [0.3, 0.4) is 0 Å². The van der Waals surface area contributed by atoms with Crippen LogP contribution in [0.5, 0.6) is 0 Å². The molecule has 1 heterocycles. The quantitative estimate of drug-likeness (QED) is 0.746. The zero-order valence-electron chi connectivity index (χ0n) is 10.4. The van der Waals surface area contributed by atoms with E-state index in [1.165, 1.54) is 12.8 Å². The van der Waals surface area contributed by atoms with Gasteiger partial charge in [0.2, 0.25) is 10.0 Å². The van der Waals surface area contributed by atoms with Crippen LogP contribution >= 0.6 is 11.3 Å². The van der Waals surface area contributed by atoms with Gasteiger partial charge in [-0.25, -0.2) is 18.1 Å². The number of nitrogens with one attached hydrogen (secondary N) is 2. The van der Waals surface area contributed by atoms with Crippen LogP contribution in [-0.2, 0) is 10.0 Å². The van der Waals surface area contributed by atoms with Crippen LogP contribution in [0.4, 0.5) is 0 Å². The van der Waals surface area contributed by atoms with Gasteiger partial charge < -0.3 is 5.32 Å². The molecule has 1 aromatic rings. The Bertz CT molecular complexity index is 455. The molecule has 1 fully saturated rings. The molecule has 5 nitrogen and oxygen atoms in total. The first kappa shape index (κ1) is 13.9. The van der Waals surface area contributed by atoms with E-state index in [1.54, 1.807) is 17.5 Å². The summed E-state index contributed by atoms with van der Waals surface area (Å²) in [6.07, 6.45) is 4.09. The van der Waals surface area contributed by atoms with Gasteiger partial charge in [0.15, 0.2) is 0 Å². The molecule has 18 heavy (non-hydrogen) atoms. The molecule has 0 saturated heterocycles. The van der Waals surface area contributed by atoms with E-state index in [-0.39, 0.29) is 11.7 Å². The van der Waals surface area contributed by atoms with Crippen molar-refractivity contribution in [3.63, 3.8) is 0 Å². The summed E-state index contributed by atoms with van der Waals surface area (Å²) in [5.74, 6) is 0.268. The molecule has 0 bridgehead atoms. The van der Waals surface area contributed by atoms with Crippen molar-refractivity contribution in [2.75, 3.05) is 18.8 Å². The summed E-state index contributed by atoms with van der Waals surface area (Å²) in [5.41, 5.74) is 0. The molecule has 1 saturated carbocycles. The zero-order valence-corrected chi connectivity index (χ0v) is 12.1. The highest BCUT2D eigenvalue weighted by Gasteiger charge is 2.21. The van der Waals surface area contributed by atoms with Crippen LogP contribution in [0.2, 0.25) is 0 Å². The Morgan fingerprint density at radius 3 is 2.94 bits per heavy atom. The fourth-order valence-electron chi connectivity index (χ4n) is 1.57. The van der Waals surface area contributed by atoms with Crippen molar-refractivity contribution >= 4 is 21.4 Å². The first-order valence-electron chi connectivity index (χ1n) is 6.17. The standard InChI is InChI=1S/C11H19N3O2S2/c1-9(11-13-4-6-17-11)8-14-18(15,16)7-5-12-10-2-3-10/h4,6,9-10,12,14H,2-3,5,7-8H2,1H3. The smallest absolute Gasteiger partial charge is 0.212 e. The van der Waals surface area contributed by atoms with Crippen LogP contribution in [0.1, 0.15) is 30.7 Å². The number of hydrogen-bond acceptors (Lipinski definition) is 5. The third kappa shape index (κ3) is 4.64. The Balaban J connectivity index is 1.70. The maximum atomic E-state index is 11.7. The second kappa shape index (κ2) is 6.10. The van der Waals surface area contributed by atoms with Crippen LogP contribution in [0.15, 0.2) is 11.6 Å². The fourth-order valence-corrected chi connectivity index (χ4v) is 3.31. The third-order valence-electron chi connectivity index (χ3n) is 2.86. The zero-order chi connectivity index (χ0) is 13.0. The predicted octanol–water partition coefficient (Wildman–Crippen LogP) is 0.918. The fraction of sp³-hybridized carbons (Fsp3) is 0.727. The van der Waals surface area contributed by atoms with Crippen LogP contribution < -0.4 is 10.0 Å². The van der Waals surface area contributed by atoms with Gasteiger partial charge in [-0.1, -0.05) is 6.92 Å². The highest BCUT2D eigenvalue weighted by Crippen LogP contribution is 2.18. The molecule has 1 unspecified atom stereocenters. The number of hydrogen-bond donors (Lipinski definition) is 2. The lowest BCUT2D eigenvalue weighted by molar-refractivity contribution is 0.570. The molecule has 0 aromatic carbocycles. The average molecular weight is 289 g/mol. The molecule has 2 N–H and O–H groups in total. The van der Waals surface area contributed by atoms with E-state index in [9.17, 15) is 8.42 Å². The van der Waals surface area contributed by atoms with E-state index in [1.807, 2.05) is 12.3 Å². The van der Waals surface area contributed by atoms with Crippen molar-refractivity contribution in [1.82, 2.24) is 15.0 Å². The molecule has 1 aromatic heterocycles. The number of rotatable bonds is 8. The van der Waals surface area contributed by atoms with Gasteiger partial charge in [-0.15, -0.1) is 11.3 Å². The summed E-state index contributed by atoms with van der Waals surface area (Å²) < 4.78 is 26.1. The van der Waals surface area contributed by atoms with E-state index in [0.29, 0.717) is 19.1 Å². The minimum absolute atomic E-state index is 0.121. The molecule has 0 spiro atoms. The second-order valence-corrected chi connectivity index (χ2v) is 7.52. The van der Waals surface area contributed by atoms with Crippen molar-refractivity contribution < 1.29 is 8.42 Å². The molecule has 0 aliphatic heterocycles. The van der Waals surface area contributed by atoms with Gasteiger partial charge >= 0.3 is 0 Å². The minimum Gasteiger partial charge on any atom is -0.313 e. The van der Waals surface area contributed by atoms with Crippen molar-refractivity contribution in [3.05, 3.63) is 16.6 Å². The second-order valence-electron chi connectivity index (χ2n) is 4.67. The lowest BCUT2D eigenvalue weighted by Crippen LogP contribution is -2.34. The maximum absolute atomic E-state index is 11.7. The molecule has 2 rings (SSSR count). The molecular formula is C11H19N3O2S2. The van der Waals surface area contributed by atoms with Gasteiger partial charge in [-0.3, -0.25) is 0 Å². The highest BCUT2D eigenvalue weighted by molar-refractivity contribution is 7.89. The summed E-state index contributed by atoms with van der Waals surface area (Å²) in [4.78, 5) is 4.18. The lowest BCUT2D eigenvalue weighted by Gasteiger charge is -2.11. The largest absolute Gasteiger partial charge is 0.313 e. The number of nitrogens with zero attached hydrogens (tertiary/aromatic N) is 1. The summed E-state index contributed by atoms with van der Waals surface area (Å²) in [7, 11) is -3.17. The average Bonchev–Trinajstić information content (AvgIpc) is 2.97. The Morgan fingerprint density at radius 1 is 1.56 bits per heavy atom. The summed E-state index contributed by atoms with van der Waals surface area (Å²) in [5, 5.41) is 6.07. The first-order chi connectivity index (χ1) is 8.57. The van der Waals surface area contributed by atoms with Crippen molar-refractivity contribution in [2.45, 2.75) is 31.7 Å². The van der Waals surface area contributed by atoms with Crippen molar-refractivity contribution in [2.24, 2.45) is 0 Å². The summed E-state index contributed by atoms with van der Waals surface area (Å²) in [6, 6.07) is 0.550. The molecule has 0 amide bonds. The summed E-state index contributed by atoms with van der Waals surface area (Å²) in [6.45, 7) is 2.93. The normalized spacial score (nSPS) is 17.8. The van der Waals surface area contributed by atoms with Crippen molar-refractivity contribution in [3.8, 4) is 0 Å². The third-order valence-corrected chi connectivity index (χ3v) is 5.22. The lowest BCUT2D eigenvalue weighted by atomic mass is 10.2. The molecule has 1 aliphatic carbocycles. The molecule has 7 heteroatoms. The van der Waals surface area contributed by atoms with Crippen LogP contribution in [0.25, 0.3) is 0 Å². The SMILES string of the molecule is CC(CNS(=O)(=O)CCNC1CC1)c1nccs1. The van der Waals surface area contributed by atoms with Gasteiger partial charge in [-0.2, -0.15) is 0 Å². The topological polar surface area (TPSA) is 71.1 Å². The number of sulfonamides is 1. The van der Waals surface area contributed by atoms with E-state index < -0.39 is 10.0 Å². The van der Waals surface area contributed by atoms with Gasteiger partial charge in [0.1, 0.15) is 0 Å². The Labute approximate surface area is 112 Å². The Kier molecular flexibility index (Phi) is 4.71. The maximum Gasteiger partial charge on any atom is 0.212 e. The van der Waals surface area contributed by atoms with Crippen LogP contribution in [0, 0.1) is 0 Å². The molecule has 1 aliphatic rings. The van der Waals surface area contributed by atoms with Gasteiger partial charge in [0, 0.05) is 36.6 Å². The molecular weight excluding hydrogens is 270 g/mol. The van der Waals surface area contributed by atoms with Crippen LogP contribution in [-0.4, -0.2) is 38.3 Å². The van der Waals surface area contributed by atoms with Gasteiger partial charge in [-0.05, 0) is 12.8 Å². The molecule has 1 atom stereocenters. The number of aromatic nitrogens is 1. The van der Waals surface area contributed by atoms with E-state index >= 15 is 0 Å². The highest BCUT2D eigenvalue weighted by atomic mass is 32.2. The van der Waals surface area contributed by atoms with E-state index in [4.69, 9.17) is 0 Å². The molecule has 0 radical (unpaired) electrons. The van der Waals surface area contributed by atoms with E-state index in [0.717, 1.165) is 5.01 Å². The molecule has 102 valence electrons. The van der Waals surface area contributed by atoms with Crippen molar-refractivity contribution in [1.29, 1.82) is 0 Å². The predicted molar refractivity (Wildman–Crippen MR) is 73.3 cm³/mol. The summed E-state index contributed by atoms with van der Waals surface area (Å²) >= 11 is 1.55. The number of thiazole rings is 1. The minimum atomic E-state index is -3.17. The van der Waals surface area contributed by atoms with Gasteiger partial charge in [0.05, 0.1) is 10.8 Å². The Morgan fingerprint density at radius 2 is 2.33 bits per heavy atom. The van der Waals surface area contributed by atoms with E-state index in [2.05, 4.69) is 15.0 Å². The monoisotopic (exact) mass is 289 g/mol.